The first-order valence-corrected chi connectivity index (χ1v) is 14.3. The molecule has 0 aliphatic heterocycles. The smallest absolute Gasteiger partial charge is 0.339 e. The van der Waals surface area contributed by atoms with Gasteiger partial charge >= 0.3 is 5.97 Å². The topological polar surface area (TPSA) is 68.3 Å². The van der Waals surface area contributed by atoms with Gasteiger partial charge in [-0.15, -0.1) is 11.3 Å². The number of nitrogens with one attached hydrogen (secondary N) is 1. The quantitative estimate of drug-likeness (QED) is 0.251. The van der Waals surface area contributed by atoms with E-state index in [2.05, 4.69) is 43.6 Å². The van der Waals surface area contributed by atoms with Gasteiger partial charge in [-0.2, -0.15) is 0 Å². The number of rotatable bonds is 5. The Hall–Kier alpha value is -3.48. The van der Waals surface area contributed by atoms with Crippen LogP contribution in [0.5, 0.6) is 0 Å². The lowest BCUT2D eigenvalue weighted by molar-refractivity contribution is -0.119. The monoisotopic (exact) mass is 558 g/mol. The van der Waals surface area contributed by atoms with Gasteiger partial charge in [0.25, 0.3) is 5.91 Å². The van der Waals surface area contributed by atoms with Crippen LogP contribution in [0.25, 0.3) is 22.6 Å². The van der Waals surface area contributed by atoms with Crippen molar-refractivity contribution in [1.29, 1.82) is 0 Å². The Morgan fingerprint density at radius 3 is 2.64 bits per heavy atom. The zero-order valence-electron chi connectivity index (χ0n) is 22.5. The molecular formula is C32H31ClN2O3S. The highest BCUT2D eigenvalue weighted by Crippen LogP contribution is 2.45. The van der Waals surface area contributed by atoms with E-state index >= 15 is 0 Å². The van der Waals surface area contributed by atoms with Gasteiger partial charge in [0.05, 0.1) is 16.8 Å². The lowest BCUT2D eigenvalue weighted by Crippen LogP contribution is -2.29. The van der Waals surface area contributed by atoms with Crippen molar-refractivity contribution in [3.63, 3.8) is 0 Å². The van der Waals surface area contributed by atoms with Crippen LogP contribution < -0.4 is 5.32 Å². The number of esters is 1. The molecule has 0 saturated carbocycles. The Kier molecular flexibility index (Phi) is 7.61. The normalized spacial score (nSPS) is 16.2. The molecule has 0 fully saturated rings. The summed E-state index contributed by atoms with van der Waals surface area (Å²) in [4.78, 5) is 32.6. The van der Waals surface area contributed by atoms with Crippen LogP contribution in [0.1, 0.15) is 59.2 Å². The predicted octanol–water partition coefficient (Wildman–Crippen LogP) is 8.20. The number of halogens is 1. The molecule has 1 N–H and O–H groups in total. The van der Waals surface area contributed by atoms with E-state index in [0.29, 0.717) is 28.6 Å². The van der Waals surface area contributed by atoms with Crippen LogP contribution in [-0.4, -0.2) is 23.5 Å². The number of hydrogen-bond acceptors (Lipinski definition) is 5. The van der Waals surface area contributed by atoms with Crippen molar-refractivity contribution >= 4 is 63.1 Å². The molecule has 1 aliphatic rings. The van der Waals surface area contributed by atoms with E-state index < -0.39 is 18.5 Å². The molecule has 0 spiro atoms. The van der Waals surface area contributed by atoms with E-state index in [1.165, 1.54) is 0 Å². The van der Waals surface area contributed by atoms with Gasteiger partial charge in [0.15, 0.2) is 6.61 Å². The summed E-state index contributed by atoms with van der Waals surface area (Å²) in [6, 6.07) is 17.0. The lowest BCUT2D eigenvalue weighted by atomic mass is 9.69. The zero-order chi connectivity index (χ0) is 27.7. The molecule has 0 bridgehead atoms. The fourth-order valence-corrected chi connectivity index (χ4v) is 5.90. The van der Waals surface area contributed by atoms with Crippen LogP contribution in [0, 0.1) is 18.3 Å². The van der Waals surface area contributed by atoms with Gasteiger partial charge in [-0.25, -0.2) is 9.78 Å². The predicted molar refractivity (Wildman–Crippen MR) is 160 cm³/mol. The molecule has 7 heteroatoms. The van der Waals surface area contributed by atoms with Crippen LogP contribution in [0.15, 0.2) is 60.0 Å². The summed E-state index contributed by atoms with van der Waals surface area (Å²) < 4.78 is 5.64. The molecule has 1 aliphatic carbocycles. The molecule has 2 heterocycles. The number of amides is 1. The number of fused-ring (bicyclic) bond motifs is 2. The Morgan fingerprint density at radius 2 is 1.90 bits per heavy atom. The van der Waals surface area contributed by atoms with Gasteiger partial charge < -0.3 is 10.1 Å². The second-order valence-corrected chi connectivity index (χ2v) is 12.4. The van der Waals surface area contributed by atoms with Crippen molar-refractivity contribution < 1.29 is 14.3 Å². The Labute approximate surface area is 237 Å². The SMILES string of the molecule is Cc1c(Cl)cccc1NC(=O)COC(=O)c1c2c(nc3ccccc13)C(=Cc1cccs1)CC(C(C)(C)C)C2. The maximum Gasteiger partial charge on any atom is 0.339 e. The molecule has 1 atom stereocenters. The minimum Gasteiger partial charge on any atom is -0.452 e. The van der Waals surface area contributed by atoms with Gasteiger partial charge in [-0.3, -0.25) is 4.79 Å². The van der Waals surface area contributed by atoms with E-state index in [0.717, 1.165) is 44.6 Å². The largest absolute Gasteiger partial charge is 0.452 e. The average Bonchev–Trinajstić information content (AvgIpc) is 3.41. The van der Waals surface area contributed by atoms with Crippen LogP contribution in [0.3, 0.4) is 0 Å². The van der Waals surface area contributed by atoms with Gasteiger partial charge in [-0.05, 0) is 83.5 Å². The first-order chi connectivity index (χ1) is 18.6. The van der Waals surface area contributed by atoms with Crippen LogP contribution in [0.2, 0.25) is 5.02 Å². The van der Waals surface area contributed by atoms with Crippen molar-refractivity contribution in [3.05, 3.63) is 92.3 Å². The van der Waals surface area contributed by atoms with Crippen molar-refractivity contribution in [2.45, 2.75) is 40.5 Å². The minimum absolute atomic E-state index is 0.0216. The van der Waals surface area contributed by atoms with E-state index in [9.17, 15) is 9.59 Å². The molecule has 1 amide bonds. The summed E-state index contributed by atoms with van der Waals surface area (Å²) in [5.74, 6) is -0.639. The molecule has 5 rings (SSSR count). The highest BCUT2D eigenvalue weighted by molar-refractivity contribution is 7.10. The van der Waals surface area contributed by atoms with Crippen LogP contribution >= 0.6 is 22.9 Å². The summed E-state index contributed by atoms with van der Waals surface area (Å²) in [5.41, 5.74) is 5.44. The van der Waals surface area contributed by atoms with E-state index in [1.807, 2.05) is 37.3 Å². The van der Waals surface area contributed by atoms with Gasteiger partial charge in [0, 0.05) is 21.0 Å². The summed E-state index contributed by atoms with van der Waals surface area (Å²) in [5, 5.41) is 6.14. The van der Waals surface area contributed by atoms with Crippen molar-refractivity contribution in [3.8, 4) is 0 Å². The Morgan fingerprint density at radius 1 is 1.10 bits per heavy atom. The number of benzene rings is 2. The minimum atomic E-state index is -0.521. The molecule has 1 unspecified atom stereocenters. The van der Waals surface area contributed by atoms with Gasteiger partial charge in [0.2, 0.25) is 0 Å². The molecular weight excluding hydrogens is 528 g/mol. The summed E-state index contributed by atoms with van der Waals surface area (Å²) in [6.45, 7) is 8.13. The number of pyridine rings is 1. The summed E-state index contributed by atoms with van der Waals surface area (Å²) in [6.07, 6.45) is 3.77. The van der Waals surface area contributed by atoms with Crippen LogP contribution in [-0.2, 0) is 16.0 Å². The molecule has 0 saturated heterocycles. The average molecular weight is 559 g/mol. The van der Waals surface area contributed by atoms with Crippen LogP contribution in [0.4, 0.5) is 5.69 Å². The number of hydrogen-bond donors (Lipinski definition) is 1. The number of anilines is 1. The number of carbonyl (C=O) groups is 2. The number of nitrogens with zero attached hydrogens (tertiary/aromatic N) is 1. The lowest BCUT2D eigenvalue weighted by Gasteiger charge is -2.36. The summed E-state index contributed by atoms with van der Waals surface area (Å²) in [7, 11) is 0. The third-order valence-corrected chi connectivity index (χ3v) is 8.61. The fourth-order valence-electron chi connectivity index (χ4n) is 5.05. The van der Waals surface area contributed by atoms with Crippen molar-refractivity contribution in [1.82, 2.24) is 4.98 Å². The first kappa shape index (κ1) is 27.1. The Balaban J connectivity index is 1.52. The standard InChI is InChI=1S/C32H31ClN2O3S/c1-19-25(33)11-7-13-26(19)34-28(36)18-38-31(37)29-23-10-5-6-12-27(23)35-30-20(16-22-9-8-14-39-22)15-21(17-24(29)30)32(2,3)4/h5-14,16,21H,15,17-18H2,1-4H3,(H,34,36). The molecule has 0 radical (unpaired) electrons. The number of aromatic nitrogens is 1. The maximum atomic E-state index is 13.7. The number of thiophene rings is 1. The maximum absolute atomic E-state index is 13.7. The van der Waals surface area contributed by atoms with E-state index in [-0.39, 0.29) is 5.41 Å². The van der Waals surface area contributed by atoms with Crippen molar-refractivity contribution in [2.24, 2.45) is 11.3 Å². The zero-order valence-corrected chi connectivity index (χ0v) is 24.1. The molecule has 4 aromatic rings. The second-order valence-electron chi connectivity index (χ2n) is 11.0. The molecule has 2 aromatic heterocycles. The number of para-hydroxylation sites is 1. The van der Waals surface area contributed by atoms with Gasteiger partial charge in [0.1, 0.15) is 0 Å². The highest BCUT2D eigenvalue weighted by Gasteiger charge is 2.35. The number of allylic oxidation sites excluding steroid dienone is 1. The third kappa shape index (κ3) is 5.77. The number of carbonyl (C=O) groups excluding carboxylic acids is 2. The van der Waals surface area contributed by atoms with E-state index in [4.69, 9.17) is 21.3 Å². The molecule has 5 nitrogen and oxygen atoms in total. The molecule has 200 valence electrons. The molecule has 2 aromatic carbocycles. The van der Waals surface area contributed by atoms with E-state index in [1.54, 1.807) is 29.5 Å². The van der Waals surface area contributed by atoms with Gasteiger partial charge in [-0.1, -0.05) is 62.7 Å². The van der Waals surface area contributed by atoms with Crippen molar-refractivity contribution in [2.75, 3.05) is 11.9 Å². The highest BCUT2D eigenvalue weighted by atomic mass is 35.5. The first-order valence-electron chi connectivity index (χ1n) is 13.0. The third-order valence-electron chi connectivity index (χ3n) is 7.38. The fraction of sp³-hybridized carbons (Fsp3) is 0.281. The second kappa shape index (κ2) is 10.9. The Bertz CT molecular complexity index is 1590. The summed E-state index contributed by atoms with van der Waals surface area (Å²) >= 11 is 7.86. The number of ether oxygens (including phenoxy) is 1. The molecule has 39 heavy (non-hydrogen) atoms.